The third-order valence-electron chi connectivity index (χ3n) is 3.88. The SMILES string of the molecule is C[C@H](CO)C1(c2ccc(Cl)cc2)CCC1. The fourth-order valence-corrected chi connectivity index (χ4v) is 2.71. The van der Waals surface area contributed by atoms with Gasteiger partial charge in [-0.05, 0) is 36.5 Å². The molecule has 0 aromatic heterocycles. The fraction of sp³-hybridized carbons (Fsp3) is 0.538. The number of rotatable bonds is 3. The number of hydrogen-bond acceptors (Lipinski definition) is 1. The molecule has 2 rings (SSSR count). The van der Waals surface area contributed by atoms with Crippen LogP contribution in [0.3, 0.4) is 0 Å². The zero-order valence-electron chi connectivity index (χ0n) is 9.04. The van der Waals surface area contributed by atoms with Crippen LogP contribution in [0.25, 0.3) is 0 Å². The molecule has 1 saturated carbocycles. The monoisotopic (exact) mass is 224 g/mol. The predicted molar refractivity (Wildman–Crippen MR) is 63.2 cm³/mol. The van der Waals surface area contributed by atoms with Crippen molar-refractivity contribution in [1.82, 2.24) is 0 Å². The Balaban J connectivity index is 2.30. The zero-order chi connectivity index (χ0) is 10.9. The zero-order valence-corrected chi connectivity index (χ0v) is 9.80. The second-order valence-corrected chi connectivity index (χ2v) is 5.04. The predicted octanol–water partition coefficient (Wildman–Crippen LogP) is 3.39. The van der Waals surface area contributed by atoms with Crippen LogP contribution in [0.2, 0.25) is 5.02 Å². The molecule has 82 valence electrons. The van der Waals surface area contributed by atoms with Gasteiger partial charge in [0.2, 0.25) is 0 Å². The summed E-state index contributed by atoms with van der Waals surface area (Å²) in [7, 11) is 0. The average molecular weight is 225 g/mol. The molecule has 15 heavy (non-hydrogen) atoms. The lowest BCUT2D eigenvalue weighted by molar-refractivity contribution is 0.0970. The van der Waals surface area contributed by atoms with E-state index in [1.165, 1.54) is 24.8 Å². The van der Waals surface area contributed by atoms with Gasteiger partial charge in [0.05, 0.1) is 0 Å². The molecular formula is C13H17ClO. The molecule has 0 aliphatic heterocycles. The number of benzene rings is 1. The van der Waals surface area contributed by atoms with Gasteiger partial charge < -0.3 is 5.11 Å². The van der Waals surface area contributed by atoms with E-state index in [2.05, 4.69) is 19.1 Å². The van der Waals surface area contributed by atoms with E-state index in [-0.39, 0.29) is 12.0 Å². The highest BCUT2D eigenvalue weighted by molar-refractivity contribution is 6.30. The van der Waals surface area contributed by atoms with Gasteiger partial charge in [0, 0.05) is 17.0 Å². The van der Waals surface area contributed by atoms with Crippen molar-refractivity contribution in [2.75, 3.05) is 6.61 Å². The van der Waals surface area contributed by atoms with Crippen molar-refractivity contribution < 1.29 is 5.11 Å². The Morgan fingerprint density at radius 2 is 1.93 bits per heavy atom. The lowest BCUT2D eigenvalue weighted by Crippen LogP contribution is -2.42. The van der Waals surface area contributed by atoms with Crippen LogP contribution in [-0.2, 0) is 5.41 Å². The van der Waals surface area contributed by atoms with Gasteiger partial charge in [0.15, 0.2) is 0 Å². The van der Waals surface area contributed by atoms with Gasteiger partial charge in [0.1, 0.15) is 0 Å². The van der Waals surface area contributed by atoms with Crippen LogP contribution >= 0.6 is 11.6 Å². The molecule has 1 aromatic rings. The molecule has 1 aliphatic carbocycles. The van der Waals surface area contributed by atoms with Gasteiger partial charge >= 0.3 is 0 Å². The molecule has 0 spiro atoms. The summed E-state index contributed by atoms with van der Waals surface area (Å²) in [6, 6.07) is 8.10. The highest BCUT2D eigenvalue weighted by Crippen LogP contribution is 2.49. The Labute approximate surface area is 96.1 Å². The Kier molecular flexibility index (Phi) is 3.03. The molecule has 0 bridgehead atoms. The van der Waals surface area contributed by atoms with Crippen LogP contribution < -0.4 is 0 Å². The van der Waals surface area contributed by atoms with Gasteiger partial charge in [-0.2, -0.15) is 0 Å². The van der Waals surface area contributed by atoms with E-state index in [0.717, 1.165) is 5.02 Å². The summed E-state index contributed by atoms with van der Waals surface area (Å²) in [4.78, 5) is 0. The normalized spacial score (nSPS) is 20.7. The maximum absolute atomic E-state index is 9.33. The summed E-state index contributed by atoms with van der Waals surface area (Å²) in [6.07, 6.45) is 3.65. The molecule has 1 aromatic carbocycles. The molecule has 1 nitrogen and oxygen atoms in total. The second-order valence-electron chi connectivity index (χ2n) is 4.60. The molecule has 0 radical (unpaired) electrons. The lowest BCUT2D eigenvalue weighted by atomic mass is 9.58. The van der Waals surface area contributed by atoms with Crippen molar-refractivity contribution in [2.24, 2.45) is 5.92 Å². The van der Waals surface area contributed by atoms with Crippen LogP contribution in [0.1, 0.15) is 31.7 Å². The Morgan fingerprint density at radius 3 is 2.33 bits per heavy atom. The highest BCUT2D eigenvalue weighted by Gasteiger charge is 2.42. The quantitative estimate of drug-likeness (QED) is 0.835. The van der Waals surface area contributed by atoms with Crippen molar-refractivity contribution >= 4 is 11.6 Å². The molecule has 0 unspecified atom stereocenters. The van der Waals surface area contributed by atoms with Crippen molar-refractivity contribution in [3.63, 3.8) is 0 Å². The molecule has 1 atom stereocenters. The smallest absolute Gasteiger partial charge is 0.0465 e. The maximum Gasteiger partial charge on any atom is 0.0465 e. The van der Waals surface area contributed by atoms with Gasteiger partial charge in [0.25, 0.3) is 0 Å². The van der Waals surface area contributed by atoms with Crippen LogP contribution in [0.4, 0.5) is 0 Å². The molecule has 2 heteroatoms. The summed E-state index contributed by atoms with van der Waals surface area (Å²) in [5, 5.41) is 10.1. The third-order valence-corrected chi connectivity index (χ3v) is 4.13. The summed E-state index contributed by atoms with van der Waals surface area (Å²) < 4.78 is 0. The first kappa shape index (κ1) is 11.0. The van der Waals surface area contributed by atoms with Gasteiger partial charge in [-0.15, -0.1) is 0 Å². The van der Waals surface area contributed by atoms with E-state index >= 15 is 0 Å². The van der Waals surface area contributed by atoms with Crippen LogP contribution in [0.5, 0.6) is 0 Å². The molecule has 0 saturated heterocycles. The number of aliphatic hydroxyl groups excluding tert-OH is 1. The van der Waals surface area contributed by atoms with E-state index in [1.54, 1.807) is 0 Å². The van der Waals surface area contributed by atoms with Crippen molar-refractivity contribution in [3.8, 4) is 0 Å². The summed E-state index contributed by atoms with van der Waals surface area (Å²) in [5.41, 5.74) is 1.54. The van der Waals surface area contributed by atoms with Crippen molar-refractivity contribution in [3.05, 3.63) is 34.9 Å². The topological polar surface area (TPSA) is 20.2 Å². The molecule has 1 aliphatic rings. The highest BCUT2D eigenvalue weighted by atomic mass is 35.5. The van der Waals surface area contributed by atoms with Crippen molar-refractivity contribution in [1.29, 1.82) is 0 Å². The minimum atomic E-state index is 0.208. The molecule has 1 fully saturated rings. The van der Waals surface area contributed by atoms with E-state index in [9.17, 15) is 5.11 Å². The summed E-state index contributed by atoms with van der Waals surface area (Å²) in [6.45, 7) is 2.40. The number of hydrogen-bond donors (Lipinski definition) is 1. The van der Waals surface area contributed by atoms with E-state index in [0.29, 0.717) is 5.92 Å². The molecule has 1 N–H and O–H groups in total. The Morgan fingerprint density at radius 1 is 1.33 bits per heavy atom. The lowest BCUT2D eigenvalue weighted by Gasteiger charge is -2.46. The molecule has 0 amide bonds. The summed E-state index contributed by atoms with van der Waals surface area (Å²) in [5.74, 6) is 0.340. The largest absolute Gasteiger partial charge is 0.396 e. The first-order chi connectivity index (χ1) is 7.19. The van der Waals surface area contributed by atoms with Crippen LogP contribution in [0, 0.1) is 5.92 Å². The maximum atomic E-state index is 9.33. The molecular weight excluding hydrogens is 208 g/mol. The van der Waals surface area contributed by atoms with Crippen molar-refractivity contribution in [2.45, 2.75) is 31.6 Å². The van der Waals surface area contributed by atoms with Crippen LogP contribution in [0.15, 0.2) is 24.3 Å². The third kappa shape index (κ3) is 1.79. The van der Waals surface area contributed by atoms with E-state index < -0.39 is 0 Å². The first-order valence-electron chi connectivity index (χ1n) is 5.56. The number of aliphatic hydroxyl groups is 1. The van der Waals surface area contributed by atoms with Gasteiger partial charge in [-0.25, -0.2) is 0 Å². The van der Waals surface area contributed by atoms with E-state index in [1.807, 2.05) is 12.1 Å². The Bertz CT molecular complexity index is 327. The second kappa shape index (κ2) is 4.15. The van der Waals surface area contributed by atoms with Gasteiger partial charge in [-0.1, -0.05) is 37.1 Å². The number of halogens is 1. The molecule has 0 heterocycles. The summed E-state index contributed by atoms with van der Waals surface area (Å²) >= 11 is 5.89. The van der Waals surface area contributed by atoms with Gasteiger partial charge in [-0.3, -0.25) is 0 Å². The standard InChI is InChI=1S/C13H17ClO/c1-10(9-15)13(7-2-8-13)11-3-5-12(14)6-4-11/h3-6,10,15H,2,7-9H2,1H3/t10-/m1/s1. The first-order valence-corrected chi connectivity index (χ1v) is 5.94. The van der Waals surface area contributed by atoms with E-state index in [4.69, 9.17) is 11.6 Å². The minimum Gasteiger partial charge on any atom is -0.396 e. The fourth-order valence-electron chi connectivity index (χ4n) is 2.58. The van der Waals surface area contributed by atoms with Crippen LogP contribution in [-0.4, -0.2) is 11.7 Å². The average Bonchev–Trinajstić information content (AvgIpc) is 2.19. The minimum absolute atomic E-state index is 0.208. The Hall–Kier alpha value is -0.530.